The van der Waals surface area contributed by atoms with Gasteiger partial charge in [-0.25, -0.2) is 0 Å². The van der Waals surface area contributed by atoms with Gasteiger partial charge >= 0.3 is 0 Å². The average molecular weight is 502 g/mol. The number of para-hydroxylation sites is 1. The number of ether oxygens (including phenoxy) is 1. The maximum atomic E-state index is 13.5. The molecule has 1 aromatic carbocycles. The summed E-state index contributed by atoms with van der Waals surface area (Å²) in [5, 5.41) is 8.43. The van der Waals surface area contributed by atoms with E-state index in [0.29, 0.717) is 50.4 Å². The van der Waals surface area contributed by atoms with E-state index in [-0.39, 0.29) is 24.2 Å². The normalized spacial score (nSPS) is 22.9. The quantitative estimate of drug-likeness (QED) is 0.561. The molecule has 36 heavy (non-hydrogen) atoms. The summed E-state index contributed by atoms with van der Waals surface area (Å²) < 4.78 is 5.82. The molecule has 198 valence electrons. The number of nitrogens with one attached hydrogen (secondary N) is 3. The molecule has 1 fully saturated rings. The first-order valence-electron chi connectivity index (χ1n) is 12.9. The highest BCUT2D eigenvalue weighted by molar-refractivity contribution is 6.01. The molecular formula is C26H39N5O5. The minimum absolute atomic E-state index is 0.174. The molecule has 1 saturated heterocycles. The zero-order valence-electron chi connectivity index (χ0n) is 21.5. The van der Waals surface area contributed by atoms with Crippen molar-refractivity contribution in [1.29, 1.82) is 0 Å². The third-order valence-corrected chi connectivity index (χ3v) is 6.49. The molecule has 2 aliphatic rings. The highest BCUT2D eigenvalue weighted by atomic mass is 16.5. The fourth-order valence-corrected chi connectivity index (χ4v) is 4.45. The number of hydrogen-bond donors (Lipinski definition) is 3. The minimum Gasteiger partial charge on any atom is -0.493 e. The van der Waals surface area contributed by atoms with Gasteiger partial charge in [0.25, 0.3) is 5.91 Å². The molecule has 2 aliphatic heterocycles. The van der Waals surface area contributed by atoms with Crippen molar-refractivity contribution in [3.05, 3.63) is 29.8 Å². The van der Waals surface area contributed by atoms with Gasteiger partial charge in [0.15, 0.2) is 0 Å². The molecule has 0 spiro atoms. The Kier molecular flexibility index (Phi) is 10.1. The monoisotopic (exact) mass is 501 g/mol. The van der Waals surface area contributed by atoms with Crippen molar-refractivity contribution in [2.24, 2.45) is 5.92 Å². The Morgan fingerprint density at radius 3 is 2.50 bits per heavy atom. The van der Waals surface area contributed by atoms with Crippen LogP contribution >= 0.6 is 0 Å². The van der Waals surface area contributed by atoms with Gasteiger partial charge in [-0.15, -0.1) is 0 Å². The Morgan fingerprint density at radius 2 is 1.81 bits per heavy atom. The number of carbonyl (C=O) groups excluding carboxylic acids is 4. The van der Waals surface area contributed by atoms with E-state index in [9.17, 15) is 19.2 Å². The van der Waals surface area contributed by atoms with E-state index >= 15 is 0 Å². The fraction of sp³-hybridized carbons (Fsp3) is 0.615. The Balaban J connectivity index is 1.85. The average Bonchev–Trinajstić information content (AvgIpc) is 2.87. The molecule has 0 unspecified atom stereocenters. The van der Waals surface area contributed by atoms with Crippen LogP contribution in [0.15, 0.2) is 24.3 Å². The molecule has 1 aromatic rings. The summed E-state index contributed by atoms with van der Waals surface area (Å²) in [4.78, 5) is 56.5. The van der Waals surface area contributed by atoms with Gasteiger partial charge in [-0.1, -0.05) is 32.9 Å². The van der Waals surface area contributed by atoms with E-state index in [0.717, 1.165) is 19.6 Å². The summed E-state index contributed by atoms with van der Waals surface area (Å²) in [7, 11) is 0. The minimum atomic E-state index is -1.06. The third kappa shape index (κ3) is 7.68. The lowest BCUT2D eigenvalue weighted by atomic mass is 10.0. The van der Waals surface area contributed by atoms with Crippen molar-refractivity contribution < 1.29 is 23.9 Å². The molecular weight excluding hydrogens is 462 g/mol. The fourth-order valence-electron chi connectivity index (χ4n) is 4.45. The third-order valence-electron chi connectivity index (χ3n) is 6.49. The van der Waals surface area contributed by atoms with Crippen molar-refractivity contribution in [3.63, 3.8) is 0 Å². The van der Waals surface area contributed by atoms with Crippen LogP contribution in [0.3, 0.4) is 0 Å². The summed E-state index contributed by atoms with van der Waals surface area (Å²) in [5.41, 5.74) is 0.295. The van der Waals surface area contributed by atoms with Crippen molar-refractivity contribution in [1.82, 2.24) is 25.8 Å². The van der Waals surface area contributed by atoms with Crippen molar-refractivity contribution in [2.75, 3.05) is 45.9 Å². The first-order valence-corrected chi connectivity index (χ1v) is 12.9. The standard InChI is InChI=1S/C26H39N5O5/c1-4-30-11-13-31(14-12-30)26(35)21-17-23(32)28-20(16-18(2)3)25(34)27-10-7-15-36-22-9-6-5-8-19(22)24(33)29-21/h5-6,8-9,18,20-21H,4,7,10-17H2,1-3H3,(H,27,34)(H,28,32)(H,29,33)/t20-,21-/m0/s1. The highest BCUT2D eigenvalue weighted by Gasteiger charge is 2.32. The van der Waals surface area contributed by atoms with Crippen molar-refractivity contribution in [2.45, 2.75) is 52.1 Å². The Labute approximate surface area is 213 Å². The van der Waals surface area contributed by atoms with Gasteiger partial charge in [0.05, 0.1) is 18.6 Å². The van der Waals surface area contributed by atoms with Crippen LogP contribution in [0.1, 0.15) is 50.4 Å². The second-order valence-corrected chi connectivity index (χ2v) is 9.73. The molecule has 3 N–H and O–H groups in total. The largest absolute Gasteiger partial charge is 0.493 e. The molecule has 0 radical (unpaired) electrons. The van der Waals surface area contributed by atoms with Gasteiger partial charge in [0, 0.05) is 32.7 Å². The Bertz CT molecular complexity index is 929. The second-order valence-electron chi connectivity index (χ2n) is 9.73. The summed E-state index contributed by atoms with van der Waals surface area (Å²) >= 11 is 0. The summed E-state index contributed by atoms with van der Waals surface area (Å²) in [6.45, 7) is 10.1. The van der Waals surface area contributed by atoms with Gasteiger partial charge < -0.3 is 30.5 Å². The number of benzene rings is 1. The van der Waals surface area contributed by atoms with E-state index in [4.69, 9.17) is 4.74 Å². The van der Waals surface area contributed by atoms with Crippen molar-refractivity contribution >= 4 is 23.6 Å². The van der Waals surface area contributed by atoms with Gasteiger partial charge in [-0.3, -0.25) is 19.2 Å². The second kappa shape index (κ2) is 13.2. The molecule has 10 heteroatoms. The van der Waals surface area contributed by atoms with Crippen LogP contribution in [-0.2, 0) is 14.4 Å². The molecule has 0 aromatic heterocycles. The smallest absolute Gasteiger partial charge is 0.255 e. The van der Waals surface area contributed by atoms with Gasteiger partial charge in [0.1, 0.15) is 17.8 Å². The van der Waals surface area contributed by atoms with E-state index < -0.39 is 23.9 Å². The number of hydrogen-bond acceptors (Lipinski definition) is 6. The van der Waals surface area contributed by atoms with Gasteiger partial charge in [-0.2, -0.15) is 0 Å². The number of carbonyl (C=O) groups is 4. The van der Waals surface area contributed by atoms with Crippen LogP contribution in [0, 0.1) is 5.92 Å². The molecule has 4 amide bonds. The first kappa shape index (κ1) is 27.4. The highest BCUT2D eigenvalue weighted by Crippen LogP contribution is 2.19. The number of rotatable bonds is 4. The molecule has 2 heterocycles. The van der Waals surface area contributed by atoms with Crippen LogP contribution in [0.4, 0.5) is 0 Å². The molecule has 10 nitrogen and oxygen atoms in total. The number of piperazine rings is 1. The van der Waals surface area contributed by atoms with Gasteiger partial charge in [0.2, 0.25) is 17.7 Å². The predicted octanol–water partition coefficient (Wildman–Crippen LogP) is 0.769. The molecule has 0 bridgehead atoms. The number of amides is 4. The maximum absolute atomic E-state index is 13.5. The molecule has 0 saturated carbocycles. The Hall–Kier alpha value is -3.14. The molecule has 3 rings (SSSR count). The number of nitrogens with zero attached hydrogens (tertiary/aromatic N) is 2. The van der Waals surface area contributed by atoms with Crippen molar-refractivity contribution in [3.8, 4) is 5.75 Å². The first-order chi connectivity index (χ1) is 17.3. The van der Waals surface area contributed by atoms with E-state index in [1.807, 2.05) is 13.8 Å². The van der Waals surface area contributed by atoms with Crippen LogP contribution in [0.5, 0.6) is 5.75 Å². The SMILES string of the molecule is CCN1CCN(C(=O)[C@@H]2CC(=O)N[C@@H](CC(C)C)C(=O)NCCCOc3ccccc3C(=O)N2)CC1. The maximum Gasteiger partial charge on any atom is 0.255 e. The summed E-state index contributed by atoms with van der Waals surface area (Å²) in [6.07, 6.45) is 0.738. The zero-order chi connectivity index (χ0) is 26.1. The van der Waals surface area contributed by atoms with Crippen LogP contribution in [-0.4, -0.2) is 91.4 Å². The van der Waals surface area contributed by atoms with Crippen LogP contribution in [0.25, 0.3) is 0 Å². The number of likely N-dealkylation sites (N-methyl/N-ethyl adjacent to an activating group) is 1. The summed E-state index contributed by atoms with van der Waals surface area (Å²) in [6, 6.07) is 5.02. The zero-order valence-corrected chi connectivity index (χ0v) is 21.5. The lowest BCUT2D eigenvalue weighted by Gasteiger charge is -2.36. The molecule has 0 aliphatic carbocycles. The van der Waals surface area contributed by atoms with E-state index in [1.165, 1.54) is 0 Å². The Morgan fingerprint density at radius 1 is 1.08 bits per heavy atom. The summed E-state index contributed by atoms with van der Waals surface area (Å²) in [5.74, 6) is -0.946. The lowest BCUT2D eigenvalue weighted by Crippen LogP contribution is -2.56. The van der Waals surface area contributed by atoms with E-state index in [2.05, 4.69) is 27.8 Å². The predicted molar refractivity (Wildman–Crippen MR) is 136 cm³/mol. The lowest BCUT2D eigenvalue weighted by molar-refractivity contribution is -0.137. The molecule has 2 atom stereocenters. The van der Waals surface area contributed by atoms with E-state index in [1.54, 1.807) is 29.2 Å². The number of fused-ring (bicyclic) bond motifs is 1. The van der Waals surface area contributed by atoms with Gasteiger partial charge in [-0.05, 0) is 37.4 Å². The topological polar surface area (TPSA) is 120 Å². The van der Waals surface area contributed by atoms with Crippen LogP contribution < -0.4 is 20.7 Å². The van der Waals surface area contributed by atoms with Crippen LogP contribution in [0.2, 0.25) is 0 Å².